The minimum atomic E-state index is 0.749. The maximum atomic E-state index is 5.72. The van der Waals surface area contributed by atoms with E-state index in [0.29, 0.717) is 0 Å². The molecule has 1 aromatic carbocycles. The largest absolute Gasteiger partial charge is 0.377 e. The van der Waals surface area contributed by atoms with Crippen molar-refractivity contribution in [3.63, 3.8) is 0 Å². The van der Waals surface area contributed by atoms with E-state index in [9.17, 15) is 0 Å². The molecule has 0 spiro atoms. The predicted octanol–water partition coefficient (Wildman–Crippen LogP) is 5.61. The summed E-state index contributed by atoms with van der Waals surface area (Å²) in [5, 5.41) is 4.23. The SMILES string of the molecule is c1ccc(COCCCCCCCCCCCn2cccn2)cc1. The quantitative estimate of drug-likeness (QED) is 0.421. The topological polar surface area (TPSA) is 27.1 Å². The Morgan fingerprint density at radius 2 is 1.42 bits per heavy atom. The number of aromatic nitrogens is 2. The van der Waals surface area contributed by atoms with E-state index in [2.05, 4.69) is 29.4 Å². The van der Waals surface area contributed by atoms with Crippen LogP contribution < -0.4 is 0 Å². The van der Waals surface area contributed by atoms with E-state index in [1.807, 2.05) is 29.2 Å². The number of rotatable bonds is 14. The van der Waals surface area contributed by atoms with Crippen LogP contribution in [0.4, 0.5) is 0 Å². The molecule has 0 fully saturated rings. The van der Waals surface area contributed by atoms with Crippen molar-refractivity contribution < 1.29 is 4.74 Å². The van der Waals surface area contributed by atoms with E-state index in [-0.39, 0.29) is 0 Å². The van der Waals surface area contributed by atoms with Crippen LogP contribution in [0.5, 0.6) is 0 Å². The lowest BCUT2D eigenvalue weighted by Crippen LogP contribution is -1.97. The molecule has 0 atom stereocenters. The fourth-order valence-electron chi connectivity index (χ4n) is 2.91. The van der Waals surface area contributed by atoms with Crippen LogP contribution in [0.1, 0.15) is 63.4 Å². The molecule has 132 valence electrons. The Balaban J connectivity index is 1.28. The smallest absolute Gasteiger partial charge is 0.0716 e. The summed E-state index contributed by atoms with van der Waals surface area (Å²) in [5.41, 5.74) is 1.27. The highest BCUT2D eigenvalue weighted by molar-refractivity contribution is 5.13. The van der Waals surface area contributed by atoms with Crippen molar-refractivity contribution in [3.05, 3.63) is 54.4 Å². The Labute approximate surface area is 147 Å². The minimum Gasteiger partial charge on any atom is -0.377 e. The number of nitrogens with zero attached hydrogens (tertiary/aromatic N) is 2. The third-order valence-electron chi connectivity index (χ3n) is 4.35. The number of unbranched alkanes of at least 4 members (excludes halogenated alkanes) is 8. The molecule has 0 aliphatic carbocycles. The number of ether oxygens (including phenoxy) is 1. The summed E-state index contributed by atoms with van der Waals surface area (Å²) in [4.78, 5) is 0. The van der Waals surface area contributed by atoms with Crippen molar-refractivity contribution in [3.8, 4) is 0 Å². The van der Waals surface area contributed by atoms with Crippen molar-refractivity contribution in [2.45, 2.75) is 70.9 Å². The second-order valence-corrected chi connectivity index (χ2v) is 6.49. The zero-order chi connectivity index (χ0) is 16.7. The molecule has 3 nitrogen and oxygen atoms in total. The van der Waals surface area contributed by atoms with E-state index in [0.717, 1.165) is 19.8 Å². The van der Waals surface area contributed by atoms with Crippen molar-refractivity contribution in [2.75, 3.05) is 6.61 Å². The standard InChI is InChI=1S/C21H32N2O/c1(2-4-6-11-17-23-18-13-16-22-23)3-5-7-12-19-24-20-21-14-9-8-10-15-21/h8-10,13-16,18H,1-7,11-12,17,19-20H2. The molecule has 3 heteroatoms. The fraction of sp³-hybridized carbons (Fsp3) is 0.571. The lowest BCUT2D eigenvalue weighted by atomic mass is 10.1. The molecule has 0 amide bonds. The molecule has 0 saturated carbocycles. The second-order valence-electron chi connectivity index (χ2n) is 6.49. The average molecular weight is 328 g/mol. The Hall–Kier alpha value is -1.61. The van der Waals surface area contributed by atoms with Crippen LogP contribution in [0.3, 0.4) is 0 Å². The van der Waals surface area contributed by atoms with E-state index in [4.69, 9.17) is 4.74 Å². The molecular formula is C21H32N2O. The number of hydrogen-bond donors (Lipinski definition) is 0. The van der Waals surface area contributed by atoms with Crippen LogP contribution >= 0.6 is 0 Å². The van der Waals surface area contributed by atoms with Crippen LogP contribution in [0, 0.1) is 0 Å². The molecule has 1 heterocycles. The molecular weight excluding hydrogens is 296 g/mol. The Kier molecular flexibility index (Phi) is 9.96. The number of aryl methyl sites for hydroxylation is 1. The fourth-order valence-corrected chi connectivity index (χ4v) is 2.91. The maximum absolute atomic E-state index is 5.72. The van der Waals surface area contributed by atoms with Crippen molar-refractivity contribution >= 4 is 0 Å². The zero-order valence-electron chi connectivity index (χ0n) is 14.9. The normalized spacial score (nSPS) is 11.0. The van der Waals surface area contributed by atoms with Gasteiger partial charge in [-0.15, -0.1) is 0 Å². The summed E-state index contributed by atoms with van der Waals surface area (Å²) in [5.74, 6) is 0. The highest BCUT2D eigenvalue weighted by Crippen LogP contribution is 2.10. The molecule has 0 bridgehead atoms. The lowest BCUT2D eigenvalue weighted by Gasteiger charge is -2.05. The predicted molar refractivity (Wildman–Crippen MR) is 99.9 cm³/mol. The van der Waals surface area contributed by atoms with Gasteiger partial charge in [0.25, 0.3) is 0 Å². The van der Waals surface area contributed by atoms with Crippen molar-refractivity contribution in [1.29, 1.82) is 0 Å². The highest BCUT2D eigenvalue weighted by atomic mass is 16.5. The van der Waals surface area contributed by atoms with Gasteiger partial charge >= 0.3 is 0 Å². The van der Waals surface area contributed by atoms with Gasteiger partial charge < -0.3 is 4.74 Å². The first kappa shape index (κ1) is 18.7. The van der Waals surface area contributed by atoms with Gasteiger partial charge in [0, 0.05) is 25.5 Å². The monoisotopic (exact) mass is 328 g/mol. The third-order valence-corrected chi connectivity index (χ3v) is 4.35. The lowest BCUT2D eigenvalue weighted by molar-refractivity contribution is 0.116. The van der Waals surface area contributed by atoms with Gasteiger partial charge in [0.05, 0.1) is 6.61 Å². The molecule has 2 rings (SSSR count). The molecule has 0 aliphatic rings. The molecule has 1 aromatic heterocycles. The average Bonchev–Trinajstić information content (AvgIpc) is 3.13. The molecule has 0 saturated heterocycles. The first-order chi connectivity index (χ1) is 11.9. The van der Waals surface area contributed by atoms with Crippen LogP contribution in [0.2, 0.25) is 0 Å². The van der Waals surface area contributed by atoms with Gasteiger partial charge in [-0.05, 0) is 24.5 Å². The molecule has 24 heavy (non-hydrogen) atoms. The van der Waals surface area contributed by atoms with Gasteiger partial charge in [0.15, 0.2) is 0 Å². The van der Waals surface area contributed by atoms with Gasteiger partial charge in [-0.1, -0.05) is 75.3 Å². The van der Waals surface area contributed by atoms with Crippen LogP contribution in [-0.4, -0.2) is 16.4 Å². The van der Waals surface area contributed by atoms with Crippen LogP contribution in [0.15, 0.2) is 48.8 Å². The van der Waals surface area contributed by atoms with Gasteiger partial charge in [0.1, 0.15) is 0 Å². The van der Waals surface area contributed by atoms with Gasteiger partial charge in [0.2, 0.25) is 0 Å². The zero-order valence-corrected chi connectivity index (χ0v) is 14.9. The van der Waals surface area contributed by atoms with Crippen LogP contribution in [-0.2, 0) is 17.9 Å². The maximum Gasteiger partial charge on any atom is 0.0716 e. The second kappa shape index (κ2) is 12.8. The summed E-state index contributed by atoms with van der Waals surface area (Å²) in [6, 6.07) is 12.4. The van der Waals surface area contributed by atoms with Crippen molar-refractivity contribution in [1.82, 2.24) is 9.78 Å². The molecule has 2 aromatic rings. The number of hydrogen-bond acceptors (Lipinski definition) is 2. The van der Waals surface area contributed by atoms with Crippen LogP contribution in [0.25, 0.3) is 0 Å². The van der Waals surface area contributed by atoms with E-state index >= 15 is 0 Å². The molecule has 0 aliphatic heterocycles. The summed E-state index contributed by atoms with van der Waals surface area (Å²) >= 11 is 0. The summed E-state index contributed by atoms with van der Waals surface area (Å²) < 4.78 is 7.74. The van der Waals surface area contributed by atoms with Gasteiger partial charge in [-0.25, -0.2) is 0 Å². The molecule has 0 radical (unpaired) electrons. The Morgan fingerprint density at radius 3 is 2.08 bits per heavy atom. The first-order valence-corrected chi connectivity index (χ1v) is 9.54. The number of benzene rings is 1. The molecule has 0 unspecified atom stereocenters. The Morgan fingerprint density at radius 1 is 0.750 bits per heavy atom. The van der Waals surface area contributed by atoms with Crippen molar-refractivity contribution in [2.24, 2.45) is 0 Å². The third kappa shape index (κ3) is 8.88. The summed E-state index contributed by atoms with van der Waals surface area (Å²) in [6.07, 6.45) is 15.8. The van der Waals surface area contributed by atoms with Gasteiger partial charge in [-0.2, -0.15) is 5.10 Å². The van der Waals surface area contributed by atoms with E-state index in [1.54, 1.807) is 0 Å². The minimum absolute atomic E-state index is 0.749. The Bertz CT molecular complexity index is 496. The van der Waals surface area contributed by atoms with Gasteiger partial charge in [-0.3, -0.25) is 4.68 Å². The summed E-state index contributed by atoms with van der Waals surface area (Å²) in [7, 11) is 0. The van der Waals surface area contributed by atoms with E-state index in [1.165, 1.54) is 63.4 Å². The summed E-state index contributed by atoms with van der Waals surface area (Å²) in [6.45, 7) is 2.71. The molecule has 0 N–H and O–H groups in total. The first-order valence-electron chi connectivity index (χ1n) is 9.54. The van der Waals surface area contributed by atoms with E-state index < -0.39 is 0 Å². The highest BCUT2D eigenvalue weighted by Gasteiger charge is 1.95.